The fourth-order valence-electron chi connectivity index (χ4n) is 7.68. The minimum atomic E-state index is -0.437. The molecule has 0 atom stereocenters. The quantitative estimate of drug-likeness (QED) is 0.0313. The number of methoxy groups -OCH3 is 2. The number of benzene rings is 4. The van der Waals surface area contributed by atoms with E-state index in [0.717, 1.165) is 80.9 Å². The Morgan fingerprint density at radius 2 is 0.644 bits per heavy atom. The second-order valence-corrected chi connectivity index (χ2v) is 20.1. The fraction of sp³-hybridized carbons (Fsp3) is 0.314. The van der Waals surface area contributed by atoms with Crippen LogP contribution in [0.4, 0.5) is 0 Å². The van der Waals surface area contributed by atoms with Crippen molar-refractivity contribution >= 4 is 23.9 Å². The summed E-state index contributed by atoms with van der Waals surface area (Å²) in [5.74, 6) is 1.63. The Hall–Kier alpha value is -9.48. The number of aromatic nitrogens is 4. The van der Waals surface area contributed by atoms with Crippen molar-refractivity contribution in [3.05, 3.63) is 193 Å². The van der Waals surface area contributed by atoms with Gasteiger partial charge >= 0.3 is 23.9 Å². The van der Waals surface area contributed by atoms with Crippen LogP contribution in [0.5, 0.6) is 23.0 Å². The number of carbonyl (C=O) groups excluding carboxylic acids is 4. The highest BCUT2D eigenvalue weighted by Gasteiger charge is 2.17. The molecule has 4 aromatic heterocycles. The third-order valence-electron chi connectivity index (χ3n) is 12.0. The monoisotopic (exact) mass is 1180 g/mol. The zero-order valence-electron chi connectivity index (χ0n) is 51.5. The van der Waals surface area contributed by atoms with E-state index in [1.54, 1.807) is 43.5 Å². The van der Waals surface area contributed by atoms with Crippen molar-refractivity contribution in [3.8, 4) is 68.0 Å². The van der Waals surface area contributed by atoms with Gasteiger partial charge in [0, 0.05) is 42.4 Å². The molecular weight excluding hydrogens is 1100 g/mol. The summed E-state index contributed by atoms with van der Waals surface area (Å²) in [6.07, 6.45) is 2.53. The number of rotatable bonds is 24. The molecule has 0 aliphatic carbocycles. The summed E-state index contributed by atoms with van der Waals surface area (Å²) in [7, 11) is 2.96. The van der Waals surface area contributed by atoms with Crippen LogP contribution in [-0.4, -0.2) is 111 Å². The number of esters is 4. The molecule has 0 saturated carbocycles. The average molecular weight is 1190 g/mol. The first-order valence-corrected chi connectivity index (χ1v) is 29.0. The molecule has 17 heteroatoms. The minimum absolute atomic E-state index is 0.0671. The molecular formula is C70H80N4O13. The normalized spacial score (nSPS) is 10.5. The van der Waals surface area contributed by atoms with E-state index in [1.807, 2.05) is 182 Å². The molecule has 0 bridgehead atoms. The lowest BCUT2D eigenvalue weighted by Crippen LogP contribution is -2.19. The SMILES string of the molecule is CCCCOC(=O)c1cccc(-c2ccc(OCC)cc2)n1.CCOc1ccc(-c2cccc(C(=O)OC)n2)cc1.CCOc1ccc(-c2cccc(C(=O)OCC(C)(C)C)n2)cc1.CCOc1ccc(-c2cccc(C(=O)OCCCOC)n2)cc1. The van der Waals surface area contributed by atoms with Gasteiger partial charge in [-0.2, -0.15) is 0 Å². The molecule has 8 rings (SSSR count). The van der Waals surface area contributed by atoms with Crippen molar-refractivity contribution in [3.63, 3.8) is 0 Å². The molecule has 0 amide bonds. The standard InChI is InChI=1S/C19H23NO3.C18H21NO4.C18H21NO3.C15H15NO3/c1-5-22-15-11-9-14(10-12-15)16-7-6-8-17(20-16)18(21)23-13-19(2,3)4;1-3-22-15-10-8-14(9-11-15)16-6-4-7-17(19-16)18(20)23-13-5-12-21-2;1-3-5-13-22-18(20)17-8-6-7-16(19-17)14-9-11-15(12-10-14)21-4-2;1-3-19-12-9-7-11(8-10-12)13-5-4-6-14(16-13)15(17)18-2/h6-12H,5,13H2,1-4H3;4,6-11H,3,5,12-13H2,1-2H3;6-12H,3-5,13H2,1-2H3;4-10H,3H2,1-2H3. The predicted octanol–water partition coefficient (Wildman–Crippen LogP) is 14.7. The van der Waals surface area contributed by atoms with Gasteiger partial charge in [0.1, 0.15) is 45.8 Å². The molecule has 0 saturated heterocycles. The number of unbranched alkanes of at least 4 members (excludes halogenated alkanes) is 1. The first kappa shape index (κ1) is 68.3. The van der Waals surface area contributed by atoms with E-state index in [2.05, 4.69) is 31.6 Å². The van der Waals surface area contributed by atoms with Crippen molar-refractivity contribution in [1.29, 1.82) is 0 Å². The van der Waals surface area contributed by atoms with Gasteiger partial charge in [-0.05, 0) is 185 Å². The molecule has 0 unspecified atom stereocenters. The van der Waals surface area contributed by atoms with Crippen LogP contribution >= 0.6 is 0 Å². The molecule has 0 spiro atoms. The average Bonchev–Trinajstić information content (AvgIpc) is 3.15. The Morgan fingerprint density at radius 3 is 0.908 bits per heavy atom. The van der Waals surface area contributed by atoms with Crippen molar-refractivity contribution in [2.75, 3.05) is 67.1 Å². The number of hydrogen-bond acceptors (Lipinski definition) is 17. The molecule has 458 valence electrons. The summed E-state index contributed by atoms with van der Waals surface area (Å²) in [4.78, 5) is 64.9. The topological polar surface area (TPSA) is 203 Å². The number of ether oxygens (including phenoxy) is 9. The van der Waals surface area contributed by atoms with E-state index >= 15 is 0 Å². The van der Waals surface area contributed by atoms with E-state index in [9.17, 15) is 19.2 Å². The van der Waals surface area contributed by atoms with Gasteiger partial charge in [0.2, 0.25) is 0 Å². The molecule has 8 aromatic rings. The van der Waals surface area contributed by atoms with Gasteiger partial charge in [0.05, 0.1) is 76.1 Å². The van der Waals surface area contributed by atoms with E-state index in [4.69, 9.17) is 37.9 Å². The second kappa shape index (κ2) is 37.1. The van der Waals surface area contributed by atoms with Crippen LogP contribution < -0.4 is 18.9 Å². The first-order chi connectivity index (χ1) is 42.1. The molecule has 0 aliphatic heterocycles. The van der Waals surface area contributed by atoms with Crippen LogP contribution in [0, 0.1) is 5.41 Å². The zero-order chi connectivity index (χ0) is 62.8. The van der Waals surface area contributed by atoms with Crippen molar-refractivity contribution < 1.29 is 61.8 Å². The zero-order valence-corrected chi connectivity index (χ0v) is 51.5. The van der Waals surface area contributed by atoms with Gasteiger partial charge in [-0.15, -0.1) is 0 Å². The Morgan fingerprint density at radius 1 is 0.356 bits per heavy atom. The Labute approximate surface area is 511 Å². The van der Waals surface area contributed by atoms with Gasteiger partial charge in [0.25, 0.3) is 0 Å². The summed E-state index contributed by atoms with van der Waals surface area (Å²) >= 11 is 0. The maximum absolute atomic E-state index is 12.1. The Balaban J connectivity index is 0.000000212. The molecule has 4 aromatic carbocycles. The van der Waals surface area contributed by atoms with Gasteiger partial charge in [-0.3, -0.25) is 0 Å². The summed E-state index contributed by atoms with van der Waals surface area (Å²) in [5, 5.41) is 0. The molecule has 0 fully saturated rings. The highest BCUT2D eigenvalue weighted by molar-refractivity contribution is 5.89. The number of carbonyl (C=O) groups is 4. The largest absolute Gasteiger partial charge is 0.494 e. The Bertz CT molecular complexity index is 3350. The van der Waals surface area contributed by atoms with Crippen molar-refractivity contribution in [2.45, 2.75) is 74.7 Å². The van der Waals surface area contributed by atoms with E-state index < -0.39 is 17.9 Å². The van der Waals surface area contributed by atoms with Gasteiger partial charge in [-0.25, -0.2) is 39.1 Å². The minimum Gasteiger partial charge on any atom is -0.494 e. The van der Waals surface area contributed by atoms with Crippen molar-refractivity contribution in [1.82, 2.24) is 19.9 Å². The van der Waals surface area contributed by atoms with Gasteiger partial charge in [-0.1, -0.05) is 58.4 Å². The van der Waals surface area contributed by atoms with Crippen LogP contribution in [0.3, 0.4) is 0 Å². The summed E-state index contributed by atoms with van der Waals surface area (Å²) in [6, 6.07) is 51.8. The van der Waals surface area contributed by atoms with Crippen LogP contribution in [0.25, 0.3) is 45.0 Å². The van der Waals surface area contributed by atoms with Crippen molar-refractivity contribution in [2.24, 2.45) is 5.41 Å². The predicted molar refractivity (Wildman–Crippen MR) is 336 cm³/mol. The molecule has 0 radical (unpaired) electrons. The molecule has 0 aliphatic rings. The summed E-state index contributed by atoms with van der Waals surface area (Å²) in [5.41, 5.74) is 7.83. The molecule has 17 nitrogen and oxygen atoms in total. The van der Waals surface area contributed by atoms with Gasteiger partial charge < -0.3 is 42.6 Å². The first-order valence-electron chi connectivity index (χ1n) is 29.0. The lowest BCUT2D eigenvalue weighted by atomic mass is 9.99. The number of hydrogen-bond donors (Lipinski definition) is 0. The maximum atomic E-state index is 12.1. The smallest absolute Gasteiger partial charge is 0.356 e. The Kier molecular flexibility index (Phi) is 29.1. The summed E-state index contributed by atoms with van der Waals surface area (Å²) < 4.78 is 46.9. The maximum Gasteiger partial charge on any atom is 0.356 e. The lowest BCUT2D eigenvalue weighted by molar-refractivity contribution is 0.0359. The van der Waals surface area contributed by atoms with Crippen LogP contribution in [0.2, 0.25) is 0 Å². The van der Waals surface area contributed by atoms with E-state index in [0.29, 0.717) is 82.1 Å². The molecule has 4 heterocycles. The van der Waals surface area contributed by atoms with Crippen LogP contribution in [-0.2, 0) is 23.7 Å². The van der Waals surface area contributed by atoms with Crippen LogP contribution in [0.15, 0.2) is 170 Å². The second-order valence-electron chi connectivity index (χ2n) is 20.1. The van der Waals surface area contributed by atoms with E-state index in [1.165, 1.54) is 7.11 Å². The molecule has 0 N–H and O–H groups in total. The fourth-order valence-corrected chi connectivity index (χ4v) is 7.68. The number of nitrogens with zero attached hydrogens (tertiary/aromatic N) is 4. The highest BCUT2D eigenvalue weighted by atomic mass is 16.5. The summed E-state index contributed by atoms with van der Waals surface area (Å²) in [6.45, 7) is 20.1. The lowest BCUT2D eigenvalue weighted by Gasteiger charge is -2.17. The van der Waals surface area contributed by atoms with Crippen LogP contribution in [0.1, 0.15) is 117 Å². The molecule has 87 heavy (non-hydrogen) atoms. The highest BCUT2D eigenvalue weighted by Crippen LogP contribution is 2.26. The third-order valence-corrected chi connectivity index (χ3v) is 12.0. The van der Waals surface area contributed by atoms with E-state index in [-0.39, 0.29) is 11.4 Å². The number of pyridine rings is 4. The van der Waals surface area contributed by atoms with Gasteiger partial charge in [0.15, 0.2) is 0 Å². The third kappa shape index (κ3) is 23.8.